The summed E-state index contributed by atoms with van der Waals surface area (Å²) in [6.45, 7) is 4.31. The number of nitrogens with one attached hydrogen (secondary N) is 2. The van der Waals surface area contributed by atoms with Crippen molar-refractivity contribution in [2.75, 3.05) is 30.3 Å². The van der Waals surface area contributed by atoms with Crippen LogP contribution in [0, 0.1) is 10.1 Å². The van der Waals surface area contributed by atoms with Gasteiger partial charge in [-0.1, -0.05) is 6.92 Å². The van der Waals surface area contributed by atoms with Crippen LogP contribution in [0.2, 0.25) is 0 Å². The van der Waals surface area contributed by atoms with Crippen molar-refractivity contribution in [3.05, 3.63) is 22.2 Å². The van der Waals surface area contributed by atoms with Crippen LogP contribution >= 0.6 is 0 Å². The number of aromatic nitrogens is 1. The second-order valence-corrected chi connectivity index (χ2v) is 5.13. The Bertz CT molecular complexity index is 475. The molecule has 1 aliphatic rings. The normalized spacial score (nSPS) is 17.7. The van der Waals surface area contributed by atoms with Gasteiger partial charge in [0.25, 0.3) is 5.69 Å². The number of nitrogens with zero attached hydrogens (tertiary/aromatic N) is 2. The minimum atomic E-state index is -0.399. The van der Waals surface area contributed by atoms with Gasteiger partial charge >= 0.3 is 0 Å². The highest BCUT2D eigenvalue weighted by molar-refractivity contribution is 5.54. The molecule has 0 aromatic carbocycles. The highest BCUT2D eigenvalue weighted by Crippen LogP contribution is 2.21. The van der Waals surface area contributed by atoms with Crippen molar-refractivity contribution in [2.45, 2.75) is 38.7 Å². The van der Waals surface area contributed by atoms with Crippen LogP contribution in [0.4, 0.5) is 17.3 Å². The predicted molar refractivity (Wildman–Crippen MR) is 81.8 cm³/mol. The van der Waals surface area contributed by atoms with Gasteiger partial charge in [-0.05, 0) is 25.7 Å². The van der Waals surface area contributed by atoms with Gasteiger partial charge in [0.05, 0.1) is 23.2 Å². The molecule has 21 heavy (non-hydrogen) atoms. The number of anilines is 2. The maximum Gasteiger partial charge on any atom is 0.276 e. The molecule has 1 fully saturated rings. The van der Waals surface area contributed by atoms with Crippen LogP contribution in [-0.2, 0) is 4.74 Å². The number of hydrogen-bond donors (Lipinski definition) is 2. The van der Waals surface area contributed by atoms with Crippen molar-refractivity contribution in [1.82, 2.24) is 4.98 Å². The van der Waals surface area contributed by atoms with Gasteiger partial charge in [-0.25, -0.2) is 4.98 Å². The zero-order chi connectivity index (χ0) is 15.1. The van der Waals surface area contributed by atoms with Crippen LogP contribution in [0.5, 0.6) is 0 Å². The van der Waals surface area contributed by atoms with Gasteiger partial charge in [-0.15, -0.1) is 0 Å². The van der Waals surface area contributed by atoms with Crippen LogP contribution in [0.3, 0.4) is 0 Å². The van der Waals surface area contributed by atoms with E-state index in [4.69, 9.17) is 4.74 Å². The summed E-state index contributed by atoms with van der Waals surface area (Å²) in [6.07, 6.45) is 4.33. The Labute approximate surface area is 124 Å². The second-order valence-electron chi connectivity index (χ2n) is 5.13. The third-order valence-electron chi connectivity index (χ3n) is 3.37. The van der Waals surface area contributed by atoms with Crippen molar-refractivity contribution >= 4 is 17.3 Å². The fourth-order valence-corrected chi connectivity index (χ4v) is 2.29. The number of nitro groups is 1. The largest absolute Gasteiger partial charge is 0.378 e. The summed E-state index contributed by atoms with van der Waals surface area (Å²) in [4.78, 5) is 14.9. The summed E-state index contributed by atoms with van der Waals surface area (Å²) >= 11 is 0. The Hall–Kier alpha value is -1.89. The van der Waals surface area contributed by atoms with E-state index in [9.17, 15) is 10.1 Å². The van der Waals surface area contributed by atoms with Gasteiger partial charge < -0.3 is 15.4 Å². The highest BCUT2D eigenvalue weighted by Gasteiger charge is 2.15. The molecule has 2 N–H and O–H groups in total. The Balaban J connectivity index is 1.95. The standard InChI is InChI=1S/C14H22N4O3/c1-2-6-15-13-9-11(18(19)20)10-14(17-13)16-7-5-12-4-3-8-21-12/h9-10,12H,2-8H2,1H3,(H2,15,16,17). The van der Waals surface area contributed by atoms with Crippen LogP contribution in [0.1, 0.15) is 32.6 Å². The molecule has 1 aromatic heterocycles. The van der Waals surface area contributed by atoms with Crippen LogP contribution in [0.15, 0.2) is 12.1 Å². The molecule has 0 aliphatic carbocycles. The average molecular weight is 294 g/mol. The van der Waals surface area contributed by atoms with Crippen molar-refractivity contribution in [2.24, 2.45) is 0 Å². The highest BCUT2D eigenvalue weighted by atomic mass is 16.6. The zero-order valence-corrected chi connectivity index (χ0v) is 12.3. The minimum absolute atomic E-state index is 0.0446. The first-order valence-corrected chi connectivity index (χ1v) is 7.45. The van der Waals surface area contributed by atoms with E-state index in [0.717, 1.165) is 38.8 Å². The molecule has 0 spiro atoms. The van der Waals surface area contributed by atoms with E-state index >= 15 is 0 Å². The molecule has 1 aromatic rings. The van der Waals surface area contributed by atoms with E-state index in [1.54, 1.807) is 0 Å². The SMILES string of the molecule is CCCNc1cc([N+](=O)[O-])cc(NCCC2CCCO2)n1. The molecule has 1 atom stereocenters. The van der Waals surface area contributed by atoms with E-state index < -0.39 is 4.92 Å². The smallest absolute Gasteiger partial charge is 0.276 e. The third kappa shape index (κ3) is 4.86. The molecule has 1 saturated heterocycles. The topological polar surface area (TPSA) is 89.3 Å². The quantitative estimate of drug-likeness (QED) is 0.566. The number of pyridine rings is 1. The van der Waals surface area contributed by atoms with Gasteiger partial charge in [0.15, 0.2) is 0 Å². The lowest BCUT2D eigenvalue weighted by Crippen LogP contribution is -2.13. The van der Waals surface area contributed by atoms with E-state index in [0.29, 0.717) is 24.3 Å². The molecule has 2 heterocycles. The first kappa shape index (κ1) is 15.5. The fraction of sp³-hybridized carbons (Fsp3) is 0.643. The molecule has 1 unspecified atom stereocenters. The molecule has 0 amide bonds. The maximum atomic E-state index is 11.0. The molecule has 0 radical (unpaired) electrons. The molecule has 0 bridgehead atoms. The summed E-state index contributed by atoms with van der Waals surface area (Å²) in [5.41, 5.74) is 0.0446. The average Bonchev–Trinajstić information content (AvgIpc) is 2.98. The summed E-state index contributed by atoms with van der Waals surface area (Å²) in [7, 11) is 0. The van der Waals surface area contributed by atoms with Gasteiger partial charge in [-0.2, -0.15) is 0 Å². The van der Waals surface area contributed by atoms with Crippen LogP contribution < -0.4 is 10.6 Å². The molecule has 116 valence electrons. The van der Waals surface area contributed by atoms with Crippen molar-refractivity contribution in [3.63, 3.8) is 0 Å². The monoisotopic (exact) mass is 294 g/mol. The van der Waals surface area contributed by atoms with Crippen LogP contribution in [0.25, 0.3) is 0 Å². The van der Waals surface area contributed by atoms with E-state index in [-0.39, 0.29) is 5.69 Å². The lowest BCUT2D eigenvalue weighted by atomic mass is 10.2. The van der Waals surface area contributed by atoms with Gasteiger partial charge in [0.2, 0.25) is 0 Å². The Morgan fingerprint density at radius 1 is 1.38 bits per heavy atom. The van der Waals surface area contributed by atoms with E-state index in [1.165, 1.54) is 12.1 Å². The zero-order valence-electron chi connectivity index (χ0n) is 12.3. The predicted octanol–water partition coefficient (Wildman–Crippen LogP) is 2.79. The minimum Gasteiger partial charge on any atom is -0.378 e. The number of hydrogen-bond acceptors (Lipinski definition) is 6. The molecule has 1 aliphatic heterocycles. The number of ether oxygens (including phenoxy) is 1. The lowest BCUT2D eigenvalue weighted by Gasteiger charge is -2.11. The molecular weight excluding hydrogens is 272 g/mol. The maximum absolute atomic E-state index is 11.0. The molecule has 2 rings (SSSR count). The summed E-state index contributed by atoms with van der Waals surface area (Å²) in [5.74, 6) is 1.06. The first-order chi connectivity index (χ1) is 10.2. The Morgan fingerprint density at radius 2 is 2.10 bits per heavy atom. The first-order valence-electron chi connectivity index (χ1n) is 7.45. The third-order valence-corrected chi connectivity index (χ3v) is 3.37. The van der Waals surface area contributed by atoms with Gasteiger partial charge in [0.1, 0.15) is 11.6 Å². The van der Waals surface area contributed by atoms with Gasteiger partial charge in [-0.3, -0.25) is 10.1 Å². The lowest BCUT2D eigenvalue weighted by molar-refractivity contribution is -0.384. The van der Waals surface area contributed by atoms with Crippen molar-refractivity contribution in [3.8, 4) is 0 Å². The molecule has 7 nitrogen and oxygen atoms in total. The van der Waals surface area contributed by atoms with Crippen molar-refractivity contribution in [1.29, 1.82) is 0 Å². The second kappa shape index (κ2) is 7.78. The Kier molecular flexibility index (Phi) is 5.74. The Morgan fingerprint density at radius 3 is 2.67 bits per heavy atom. The number of rotatable bonds is 8. The molecular formula is C14H22N4O3. The summed E-state index contributed by atoms with van der Waals surface area (Å²) < 4.78 is 5.55. The van der Waals surface area contributed by atoms with E-state index in [1.807, 2.05) is 6.92 Å². The molecule has 7 heteroatoms. The van der Waals surface area contributed by atoms with Crippen LogP contribution in [-0.4, -0.2) is 35.7 Å². The van der Waals surface area contributed by atoms with E-state index in [2.05, 4.69) is 15.6 Å². The summed E-state index contributed by atoms with van der Waals surface area (Å²) in [6, 6.07) is 2.92. The fourth-order valence-electron chi connectivity index (χ4n) is 2.29. The van der Waals surface area contributed by atoms with Gasteiger partial charge in [0, 0.05) is 19.7 Å². The molecule has 0 saturated carbocycles. The van der Waals surface area contributed by atoms with Crippen molar-refractivity contribution < 1.29 is 9.66 Å². The summed E-state index contributed by atoms with van der Waals surface area (Å²) in [5, 5.41) is 17.2.